The molecule has 0 heterocycles. The van der Waals surface area contributed by atoms with Gasteiger partial charge in [0.1, 0.15) is 0 Å². The Balaban J connectivity index is 3.26. The van der Waals surface area contributed by atoms with Crippen molar-refractivity contribution in [2.45, 2.75) is 0 Å². The summed E-state index contributed by atoms with van der Waals surface area (Å²) in [5.41, 5.74) is 0. The summed E-state index contributed by atoms with van der Waals surface area (Å²) in [4.78, 5) is 9.23. The Hall–Kier alpha value is -0.490. The number of nitrogens with zero attached hydrogens (tertiary/aromatic N) is 2. The Morgan fingerprint density at radius 2 is 2.17 bits per heavy atom. The molecule has 0 amide bonds. The molecule has 2 N–H and O–H groups in total. The van der Waals surface area contributed by atoms with Crippen molar-refractivity contribution in [3.8, 4) is 0 Å². The van der Waals surface area contributed by atoms with E-state index >= 15 is 0 Å². The fourth-order valence-corrected chi connectivity index (χ4v) is 0. The van der Waals surface area contributed by atoms with Crippen LogP contribution < -0.4 is 5.84 Å². The van der Waals surface area contributed by atoms with Gasteiger partial charge in [-0.3, -0.25) is 0 Å². The van der Waals surface area contributed by atoms with Crippen LogP contribution in [0.3, 0.4) is 0 Å². The molecule has 0 aromatic rings. The van der Waals surface area contributed by atoms with E-state index in [0.717, 1.165) is 0 Å². The van der Waals surface area contributed by atoms with Crippen molar-refractivity contribution in [3.05, 3.63) is 10.1 Å². The molecule has 0 spiro atoms. The Morgan fingerprint density at radius 3 is 2.17 bits per heavy atom. The lowest BCUT2D eigenvalue weighted by atomic mass is 12.4. The van der Waals surface area contributed by atoms with Crippen LogP contribution in [0.2, 0.25) is 0 Å². The fraction of sp³-hybridized carbons (Fsp3) is 0. The van der Waals surface area contributed by atoms with Gasteiger partial charge in [-0.2, -0.15) is 5.84 Å². The van der Waals surface area contributed by atoms with E-state index < -0.39 is 5.03 Å². The molecule has 0 radical (unpaired) electrons. The van der Waals surface area contributed by atoms with Crippen LogP contribution in [-0.4, -0.2) is 9.56 Å². The summed E-state index contributed by atoms with van der Waals surface area (Å²) in [6.45, 7) is 0. The second kappa shape index (κ2) is 1.83. The van der Waals surface area contributed by atoms with Gasteiger partial charge in [-0.15, -0.1) is 0 Å². The zero-order valence-corrected chi connectivity index (χ0v) is 3.63. The second-order valence-corrected chi connectivity index (χ2v) is 0.968. The molecule has 0 saturated heterocycles. The summed E-state index contributed by atoms with van der Waals surface area (Å²) in [7, 11) is 0. The summed E-state index contributed by atoms with van der Waals surface area (Å²) < 4.78 is 0.0833. The SMILES string of the molecule is NN(S)[N+](=O)[O-]. The molecule has 0 fully saturated rings. The summed E-state index contributed by atoms with van der Waals surface area (Å²) in [5, 5.41) is 8.37. The zero-order valence-electron chi connectivity index (χ0n) is 2.74. The van der Waals surface area contributed by atoms with Crippen LogP contribution in [0, 0.1) is 10.1 Å². The highest BCUT2D eigenvalue weighted by Crippen LogP contribution is 1.76. The molecule has 6 heteroatoms. The molecule has 5 nitrogen and oxygen atoms in total. The van der Waals surface area contributed by atoms with Gasteiger partial charge < -0.3 is 0 Å². The average molecular weight is 109 g/mol. The number of thiol groups is 1. The summed E-state index contributed by atoms with van der Waals surface area (Å²) in [6, 6.07) is 0. The minimum atomic E-state index is -0.858. The van der Waals surface area contributed by atoms with E-state index in [1.54, 1.807) is 0 Å². The van der Waals surface area contributed by atoms with E-state index in [9.17, 15) is 10.1 Å². The molecule has 0 aliphatic rings. The molecule has 0 atom stereocenters. The van der Waals surface area contributed by atoms with E-state index in [-0.39, 0.29) is 4.52 Å². The minimum absolute atomic E-state index is 0.0833. The molecule has 0 bridgehead atoms. The van der Waals surface area contributed by atoms with Gasteiger partial charge >= 0.3 is 0 Å². The standard InChI is InChI=1S/H3N3O2S/c1-2(6)3(4)5/h6H,1H2. The molecule has 0 saturated carbocycles. The number of nitro groups is 1. The smallest absolute Gasteiger partial charge is 0.187 e. The van der Waals surface area contributed by atoms with Crippen molar-refractivity contribution in [1.82, 2.24) is 4.52 Å². The first-order chi connectivity index (χ1) is 2.64. The van der Waals surface area contributed by atoms with E-state index in [1.807, 2.05) is 0 Å². The number of hydrazine groups is 2. The molecule has 0 aromatic heterocycles. The largest absolute Gasteiger partial charge is 0.233 e. The summed E-state index contributed by atoms with van der Waals surface area (Å²) in [6.07, 6.45) is 0. The lowest BCUT2D eigenvalue weighted by molar-refractivity contribution is -0.618. The van der Waals surface area contributed by atoms with Gasteiger partial charge in [-0.1, -0.05) is 0 Å². The van der Waals surface area contributed by atoms with Gasteiger partial charge in [-0.05, 0) is 0 Å². The van der Waals surface area contributed by atoms with Crippen molar-refractivity contribution in [2.75, 3.05) is 0 Å². The maximum Gasteiger partial charge on any atom is 0.187 e. The highest BCUT2D eigenvalue weighted by atomic mass is 32.1. The van der Waals surface area contributed by atoms with Crippen molar-refractivity contribution in [3.63, 3.8) is 0 Å². The number of hydrogen-bond donors (Lipinski definition) is 2. The summed E-state index contributed by atoms with van der Waals surface area (Å²) >= 11 is 3.10. The lowest BCUT2D eigenvalue weighted by Crippen LogP contribution is -2.26. The van der Waals surface area contributed by atoms with Crippen LogP contribution in [0.4, 0.5) is 0 Å². The van der Waals surface area contributed by atoms with Crippen LogP contribution in [0.5, 0.6) is 0 Å². The topological polar surface area (TPSA) is 72.4 Å². The van der Waals surface area contributed by atoms with Crippen LogP contribution in [0.1, 0.15) is 0 Å². The first kappa shape index (κ1) is 5.51. The quantitative estimate of drug-likeness (QED) is 0.200. The molecule has 36 valence electrons. The van der Waals surface area contributed by atoms with Gasteiger partial charge in [-0.25, -0.2) is 10.1 Å². The molecular formula is H3N3O2S. The Kier molecular flexibility index (Phi) is 1.68. The van der Waals surface area contributed by atoms with E-state index in [2.05, 4.69) is 18.7 Å². The predicted molar refractivity (Wildman–Crippen MR) is 22.0 cm³/mol. The Labute approximate surface area is 39.4 Å². The van der Waals surface area contributed by atoms with Crippen molar-refractivity contribution < 1.29 is 5.03 Å². The monoisotopic (exact) mass is 109 g/mol. The van der Waals surface area contributed by atoms with Gasteiger partial charge in [0.2, 0.25) is 0 Å². The molecule has 0 aliphatic heterocycles. The van der Waals surface area contributed by atoms with Gasteiger partial charge in [0, 0.05) is 17.3 Å². The van der Waals surface area contributed by atoms with Crippen LogP contribution in [-0.2, 0) is 0 Å². The van der Waals surface area contributed by atoms with Gasteiger partial charge in [0.25, 0.3) is 0 Å². The maximum absolute atomic E-state index is 9.23. The first-order valence-electron chi connectivity index (χ1n) is 1.02. The molecular weight excluding hydrogens is 106 g/mol. The van der Waals surface area contributed by atoms with Crippen molar-refractivity contribution >= 4 is 12.8 Å². The molecule has 0 aromatic carbocycles. The minimum Gasteiger partial charge on any atom is -0.233 e. The fourth-order valence-electron chi connectivity index (χ4n) is 0. The number of hydrogen-bond acceptors (Lipinski definition) is 4. The zero-order chi connectivity index (χ0) is 5.15. The molecule has 0 aliphatic carbocycles. The first-order valence-corrected chi connectivity index (χ1v) is 1.42. The third kappa shape index (κ3) is 1.79. The van der Waals surface area contributed by atoms with E-state index in [4.69, 9.17) is 0 Å². The van der Waals surface area contributed by atoms with Crippen LogP contribution in [0.25, 0.3) is 0 Å². The van der Waals surface area contributed by atoms with Crippen molar-refractivity contribution in [2.24, 2.45) is 5.84 Å². The average Bonchev–Trinajstić information content (AvgIpc) is 1.36. The molecule has 6 heavy (non-hydrogen) atoms. The van der Waals surface area contributed by atoms with Crippen molar-refractivity contribution in [1.29, 1.82) is 0 Å². The van der Waals surface area contributed by atoms with Crippen LogP contribution in [0.15, 0.2) is 0 Å². The summed E-state index contributed by atoms with van der Waals surface area (Å²) in [5.74, 6) is 4.43. The predicted octanol–water partition coefficient (Wildman–Crippen LogP) is -0.801. The highest BCUT2D eigenvalue weighted by Gasteiger charge is 1.94. The van der Waals surface area contributed by atoms with E-state index in [1.165, 1.54) is 0 Å². The number of nitrogens with two attached hydrogens (primary N) is 1. The second-order valence-electron chi connectivity index (χ2n) is 0.558. The highest BCUT2D eigenvalue weighted by molar-refractivity contribution is 7.77. The lowest BCUT2D eigenvalue weighted by Gasteiger charge is -1.91. The van der Waals surface area contributed by atoms with Crippen LogP contribution >= 0.6 is 12.8 Å². The normalized spacial score (nSPS) is 7.67. The molecule has 0 rings (SSSR count). The Bertz CT molecular complexity index is 59.8. The maximum atomic E-state index is 9.23. The van der Waals surface area contributed by atoms with Gasteiger partial charge in [0.05, 0.1) is 0 Å². The Morgan fingerprint density at radius 1 is 2.00 bits per heavy atom. The third-order valence-electron chi connectivity index (χ3n) is 0.167. The number of rotatable bonds is 1. The molecule has 0 unspecified atom stereocenters. The third-order valence-corrected chi connectivity index (χ3v) is 0.313. The van der Waals surface area contributed by atoms with E-state index in [0.29, 0.717) is 0 Å². The van der Waals surface area contributed by atoms with Gasteiger partial charge in [0.15, 0.2) is 5.03 Å².